The average Bonchev–Trinajstić information content (AvgIpc) is 2.39. The maximum Gasteiger partial charge on any atom is 0.161 e. The maximum atomic E-state index is 8.82. The van der Waals surface area contributed by atoms with Crippen LogP contribution in [0.25, 0.3) is 0 Å². The zero-order valence-corrected chi connectivity index (χ0v) is 9.65. The van der Waals surface area contributed by atoms with Gasteiger partial charge in [-0.1, -0.05) is 12.1 Å². The van der Waals surface area contributed by atoms with Gasteiger partial charge in [-0.2, -0.15) is 5.26 Å². The predicted molar refractivity (Wildman–Crippen MR) is 63.6 cm³/mol. The van der Waals surface area contributed by atoms with Crippen LogP contribution in [0.3, 0.4) is 0 Å². The number of ether oxygens (including phenoxy) is 1. The summed E-state index contributed by atoms with van der Waals surface area (Å²) in [6, 6.07) is 10.2. The summed E-state index contributed by atoms with van der Waals surface area (Å²) in [6.45, 7) is 2.07. The monoisotopic (exact) mass is 236 g/mol. The van der Waals surface area contributed by atoms with Gasteiger partial charge in [0.2, 0.25) is 0 Å². The van der Waals surface area contributed by atoms with Crippen molar-refractivity contribution >= 4 is 17.3 Å². The van der Waals surface area contributed by atoms with Gasteiger partial charge < -0.3 is 9.64 Å². The van der Waals surface area contributed by atoms with Gasteiger partial charge in [0.25, 0.3) is 0 Å². The molecule has 0 amide bonds. The Hall–Kier alpha value is -1.24. The average molecular weight is 237 g/mol. The topological polar surface area (TPSA) is 36.3 Å². The third-order valence-electron chi connectivity index (χ3n) is 2.67. The van der Waals surface area contributed by atoms with Crippen LogP contribution in [0.5, 0.6) is 0 Å². The molecule has 1 saturated heterocycles. The minimum absolute atomic E-state index is 0.318. The van der Waals surface area contributed by atoms with Crippen LogP contribution < -0.4 is 4.90 Å². The first kappa shape index (κ1) is 11.3. The molecule has 0 bridgehead atoms. The van der Waals surface area contributed by atoms with E-state index in [9.17, 15) is 0 Å². The molecule has 1 aliphatic heterocycles. The molecule has 1 heterocycles. The standard InChI is InChI=1S/C12H13ClN2O/c13-7-10-1-3-11(4-2-10)15-5-6-16-12(8-14)9-15/h1-4,12H,5-7,9H2. The molecule has 0 spiro atoms. The second-order valence-electron chi connectivity index (χ2n) is 3.73. The number of alkyl halides is 1. The molecule has 0 aliphatic carbocycles. The quantitative estimate of drug-likeness (QED) is 0.739. The summed E-state index contributed by atoms with van der Waals surface area (Å²) >= 11 is 5.73. The zero-order valence-electron chi connectivity index (χ0n) is 8.90. The van der Waals surface area contributed by atoms with Crippen LogP contribution in [0, 0.1) is 11.3 Å². The lowest BCUT2D eigenvalue weighted by atomic mass is 10.2. The van der Waals surface area contributed by atoms with Gasteiger partial charge in [-0.05, 0) is 17.7 Å². The predicted octanol–water partition coefficient (Wildman–Crippen LogP) is 2.15. The number of halogens is 1. The first-order valence-electron chi connectivity index (χ1n) is 5.24. The lowest BCUT2D eigenvalue weighted by Crippen LogP contribution is -2.41. The Morgan fingerprint density at radius 1 is 1.44 bits per heavy atom. The van der Waals surface area contributed by atoms with E-state index in [1.165, 1.54) is 0 Å². The number of nitrogens with zero attached hydrogens (tertiary/aromatic N) is 2. The summed E-state index contributed by atoms with van der Waals surface area (Å²) in [5, 5.41) is 8.82. The van der Waals surface area contributed by atoms with Gasteiger partial charge in [-0.3, -0.25) is 0 Å². The number of anilines is 1. The highest BCUT2D eigenvalue weighted by Crippen LogP contribution is 2.18. The van der Waals surface area contributed by atoms with Crippen molar-refractivity contribution in [1.82, 2.24) is 0 Å². The summed E-state index contributed by atoms with van der Waals surface area (Å²) in [6.07, 6.45) is -0.318. The van der Waals surface area contributed by atoms with Crippen molar-refractivity contribution in [2.24, 2.45) is 0 Å². The first-order chi connectivity index (χ1) is 7.83. The number of hydrogen-bond acceptors (Lipinski definition) is 3. The number of benzene rings is 1. The van der Waals surface area contributed by atoms with E-state index in [1.807, 2.05) is 24.3 Å². The van der Waals surface area contributed by atoms with Crippen molar-refractivity contribution in [2.75, 3.05) is 24.6 Å². The largest absolute Gasteiger partial charge is 0.366 e. The smallest absolute Gasteiger partial charge is 0.161 e. The SMILES string of the molecule is N#CC1CN(c2ccc(CCl)cc2)CCO1. The molecule has 1 atom stereocenters. The minimum Gasteiger partial charge on any atom is -0.366 e. The van der Waals surface area contributed by atoms with Crippen LogP contribution in [0.15, 0.2) is 24.3 Å². The normalized spacial score (nSPS) is 20.5. The Labute approximate surface area is 100 Å². The molecule has 1 aromatic carbocycles. The van der Waals surface area contributed by atoms with Crippen molar-refractivity contribution in [3.8, 4) is 6.07 Å². The van der Waals surface area contributed by atoms with Gasteiger partial charge >= 0.3 is 0 Å². The Bertz CT molecular complexity index is 385. The van der Waals surface area contributed by atoms with Crippen molar-refractivity contribution in [3.63, 3.8) is 0 Å². The summed E-state index contributed by atoms with van der Waals surface area (Å²) in [4.78, 5) is 2.16. The molecule has 84 valence electrons. The third kappa shape index (κ3) is 2.46. The molecule has 4 heteroatoms. The molecule has 1 aliphatic rings. The van der Waals surface area contributed by atoms with Crippen molar-refractivity contribution in [3.05, 3.63) is 29.8 Å². The summed E-state index contributed by atoms with van der Waals surface area (Å²) in [5.41, 5.74) is 2.23. The number of morpholine rings is 1. The molecular weight excluding hydrogens is 224 g/mol. The lowest BCUT2D eigenvalue weighted by Gasteiger charge is -2.31. The molecule has 3 nitrogen and oxygen atoms in total. The molecule has 0 aromatic heterocycles. The van der Waals surface area contributed by atoms with Crippen LogP contribution in [0.4, 0.5) is 5.69 Å². The summed E-state index contributed by atoms with van der Waals surface area (Å²) < 4.78 is 5.30. The van der Waals surface area contributed by atoms with Crippen molar-refractivity contribution < 1.29 is 4.74 Å². The van der Waals surface area contributed by atoms with Crippen molar-refractivity contribution in [1.29, 1.82) is 5.26 Å². The molecule has 1 fully saturated rings. The highest BCUT2D eigenvalue weighted by molar-refractivity contribution is 6.17. The van der Waals surface area contributed by atoms with Gasteiger partial charge in [0, 0.05) is 18.1 Å². The first-order valence-corrected chi connectivity index (χ1v) is 5.78. The van der Waals surface area contributed by atoms with Crippen LogP contribution in [0.1, 0.15) is 5.56 Å². The van der Waals surface area contributed by atoms with E-state index < -0.39 is 0 Å². The van der Waals surface area contributed by atoms with Gasteiger partial charge in [0.1, 0.15) is 0 Å². The second kappa shape index (κ2) is 5.20. The van der Waals surface area contributed by atoms with Gasteiger partial charge in [-0.15, -0.1) is 11.6 Å². The van der Waals surface area contributed by atoms with Gasteiger partial charge in [-0.25, -0.2) is 0 Å². The molecular formula is C12H13ClN2O. The van der Waals surface area contributed by atoms with Gasteiger partial charge in [0.05, 0.1) is 19.2 Å². The van der Waals surface area contributed by atoms with Crippen molar-refractivity contribution in [2.45, 2.75) is 12.0 Å². The Balaban J connectivity index is 2.08. The maximum absolute atomic E-state index is 8.82. The molecule has 0 N–H and O–H groups in total. The highest BCUT2D eigenvalue weighted by atomic mass is 35.5. The van der Waals surface area contributed by atoms with E-state index >= 15 is 0 Å². The molecule has 2 rings (SSSR count). The zero-order chi connectivity index (χ0) is 11.4. The Morgan fingerprint density at radius 3 is 2.81 bits per heavy atom. The Kier molecular flexibility index (Phi) is 3.66. The fraction of sp³-hybridized carbons (Fsp3) is 0.417. The molecule has 0 radical (unpaired) electrons. The van der Waals surface area contributed by atoms with E-state index in [4.69, 9.17) is 21.6 Å². The summed E-state index contributed by atoms with van der Waals surface area (Å²) in [5.74, 6) is 0.532. The minimum atomic E-state index is -0.318. The van der Waals surface area contributed by atoms with E-state index in [2.05, 4.69) is 11.0 Å². The van der Waals surface area contributed by atoms with Crippen LogP contribution in [-0.4, -0.2) is 25.8 Å². The molecule has 16 heavy (non-hydrogen) atoms. The van der Waals surface area contributed by atoms with Crippen LogP contribution in [-0.2, 0) is 10.6 Å². The number of rotatable bonds is 2. The number of hydrogen-bond donors (Lipinski definition) is 0. The van der Waals surface area contributed by atoms with E-state index in [-0.39, 0.29) is 6.10 Å². The Morgan fingerprint density at radius 2 is 2.19 bits per heavy atom. The number of nitriles is 1. The molecule has 0 saturated carbocycles. The van der Waals surface area contributed by atoms with E-state index in [0.29, 0.717) is 19.0 Å². The van der Waals surface area contributed by atoms with Crippen LogP contribution in [0.2, 0.25) is 0 Å². The molecule has 1 aromatic rings. The highest BCUT2D eigenvalue weighted by Gasteiger charge is 2.19. The fourth-order valence-electron chi connectivity index (χ4n) is 1.76. The van der Waals surface area contributed by atoms with E-state index in [0.717, 1.165) is 17.8 Å². The van der Waals surface area contributed by atoms with Gasteiger partial charge in [0.15, 0.2) is 6.10 Å². The molecule has 1 unspecified atom stereocenters. The fourth-order valence-corrected chi connectivity index (χ4v) is 1.94. The second-order valence-corrected chi connectivity index (χ2v) is 4.00. The van der Waals surface area contributed by atoms with E-state index in [1.54, 1.807) is 0 Å². The lowest BCUT2D eigenvalue weighted by molar-refractivity contribution is 0.0764. The third-order valence-corrected chi connectivity index (χ3v) is 2.97. The van der Waals surface area contributed by atoms with Crippen LogP contribution >= 0.6 is 11.6 Å². The summed E-state index contributed by atoms with van der Waals surface area (Å²) in [7, 11) is 0.